The van der Waals surface area contributed by atoms with E-state index >= 15 is 0 Å². The summed E-state index contributed by atoms with van der Waals surface area (Å²) in [5.41, 5.74) is 0.421. The van der Waals surface area contributed by atoms with Gasteiger partial charge in [-0.05, 0) is 12.8 Å². The number of amides is 1. The number of aromatic nitrogens is 2. The molecule has 0 unspecified atom stereocenters. The molecule has 0 spiro atoms. The quantitative estimate of drug-likeness (QED) is 0.726. The Morgan fingerprint density at radius 1 is 1.53 bits per heavy atom. The highest BCUT2D eigenvalue weighted by Crippen LogP contribution is 2.18. The summed E-state index contributed by atoms with van der Waals surface area (Å²) in [4.78, 5) is 31.6. The summed E-state index contributed by atoms with van der Waals surface area (Å²) in [6, 6.07) is 0.356. The molecule has 1 fully saturated rings. The Bertz CT molecular complexity index is 414. The van der Waals surface area contributed by atoms with Crippen LogP contribution in [0.3, 0.4) is 0 Å². The SMILES string of the molecule is CN(CC(=O)NC1CC1)c1ncc(C=O)cn1. The van der Waals surface area contributed by atoms with Crippen molar-refractivity contribution in [3.8, 4) is 0 Å². The van der Waals surface area contributed by atoms with Gasteiger partial charge >= 0.3 is 0 Å². The van der Waals surface area contributed by atoms with E-state index in [2.05, 4.69) is 15.3 Å². The summed E-state index contributed by atoms with van der Waals surface area (Å²) >= 11 is 0. The lowest BCUT2D eigenvalue weighted by Gasteiger charge is -2.16. The van der Waals surface area contributed by atoms with E-state index in [1.807, 2.05) is 0 Å². The van der Waals surface area contributed by atoms with Crippen molar-refractivity contribution in [2.45, 2.75) is 18.9 Å². The molecule has 0 saturated heterocycles. The van der Waals surface area contributed by atoms with Crippen LogP contribution in [-0.4, -0.2) is 41.8 Å². The molecule has 90 valence electrons. The summed E-state index contributed by atoms with van der Waals surface area (Å²) in [6.07, 6.45) is 5.69. The fraction of sp³-hybridized carbons (Fsp3) is 0.455. The standard InChI is InChI=1S/C11H14N4O2/c1-15(6-10(17)14-9-2-3-9)11-12-4-8(7-16)5-13-11/h4-5,7,9H,2-3,6H2,1H3,(H,14,17). The molecule has 6 heteroatoms. The van der Waals surface area contributed by atoms with E-state index < -0.39 is 0 Å². The van der Waals surface area contributed by atoms with Crippen molar-refractivity contribution in [3.05, 3.63) is 18.0 Å². The zero-order valence-electron chi connectivity index (χ0n) is 9.59. The summed E-state index contributed by atoms with van der Waals surface area (Å²) in [6.45, 7) is 0.219. The van der Waals surface area contributed by atoms with Crippen LogP contribution < -0.4 is 10.2 Å². The Morgan fingerprint density at radius 2 is 2.18 bits per heavy atom. The first kappa shape index (κ1) is 11.5. The monoisotopic (exact) mass is 234 g/mol. The van der Waals surface area contributed by atoms with Gasteiger partial charge in [0.1, 0.15) is 0 Å². The maximum absolute atomic E-state index is 11.5. The molecular weight excluding hydrogens is 220 g/mol. The minimum atomic E-state index is -0.0296. The van der Waals surface area contributed by atoms with Gasteiger partial charge in [-0.3, -0.25) is 9.59 Å². The molecule has 1 aromatic heterocycles. The van der Waals surface area contributed by atoms with Gasteiger partial charge in [0.2, 0.25) is 11.9 Å². The molecule has 1 aliphatic carbocycles. The second-order valence-electron chi connectivity index (χ2n) is 4.13. The first-order valence-electron chi connectivity index (χ1n) is 5.47. The molecule has 1 N–H and O–H groups in total. The van der Waals surface area contributed by atoms with Crippen molar-refractivity contribution in [2.75, 3.05) is 18.5 Å². The van der Waals surface area contributed by atoms with Crippen LogP contribution in [-0.2, 0) is 4.79 Å². The van der Waals surface area contributed by atoms with Crippen LogP contribution in [0.1, 0.15) is 23.2 Å². The third-order valence-corrected chi connectivity index (χ3v) is 2.46. The lowest BCUT2D eigenvalue weighted by Crippen LogP contribution is -2.36. The van der Waals surface area contributed by atoms with Crippen LogP contribution in [0.25, 0.3) is 0 Å². The van der Waals surface area contributed by atoms with E-state index in [1.165, 1.54) is 12.4 Å². The summed E-state index contributed by atoms with van der Waals surface area (Å²) in [5, 5.41) is 2.88. The molecule has 0 aliphatic heterocycles. The fourth-order valence-corrected chi connectivity index (χ4v) is 1.38. The van der Waals surface area contributed by atoms with Gasteiger partial charge in [0.05, 0.1) is 12.1 Å². The second kappa shape index (κ2) is 4.90. The maximum Gasteiger partial charge on any atom is 0.239 e. The van der Waals surface area contributed by atoms with E-state index in [0.717, 1.165) is 12.8 Å². The van der Waals surface area contributed by atoms with Gasteiger partial charge in [-0.1, -0.05) is 0 Å². The van der Waals surface area contributed by atoms with Gasteiger partial charge in [-0.25, -0.2) is 9.97 Å². The van der Waals surface area contributed by atoms with Crippen molar-refractivity contribution >= 4 is 18.1 Å². The molecule has 0 aromatic carbocycles. The summed E-state index contributed by atoms with van der Waals surface area (Å²) in [7, 11) is 1.74. The second-order valence-corrected chi connectivity index (χ2v) is 4.13. The van der Waals surface area contributed by atoms with Gasteiger partial charge in [0.25, 0.3) is 0 Å². The number of likely N-dealkylation sites (N-methyl/N-ethyl adjacent to an activating group) is 1. The molecule has 0 bridgehead atoms. The third kappa shape index (κ3) is 3.24. The molecule has 1 saturated carbocycles. The number of hydrogen-bond acceptors (Lipinski definition) is 5. The number of carbonyl (C=O) groups excluding carboxylic acids is 2. The van der Waals surface area contributed by atoms with Gasteiger partial charge in [0.15, 0.2) is 6.29 Å². The molecule has 17 heavy (non-hydrogen) atoms. The average Bonchev–Trinajstić information content (AvgIpc) is 3.12. The Labute approximate surface area is 99.1 Å². The Balaban J connectivity index is 1.90. The zero-order chi connectivity index (χ0) is 12.3. The third-order valence-electron chi connectivity index (χ3n) is 2.46. The van der Waals surface area contributed by atoms with Gasteiger partial charge < -0.3 is 10.2 Å². The largest absolute Gasteiger partial charge is 0.352 e. The van der Waals surface area contributed by atoms with Crippen LogP contribution in [0.5, 0.6) is 0 Å². The first-order valence-corrected chi connectivity index (χ1v) is 5.47. The van der Waals surface area contributed by atoms with E-state index in [4.69, 9.17) is 0 Å². The topological polar surface area (TPSA) is 75.2 Å². The van der Waals surface area contributed by atoms with E-state index in [9.17, 15) is 9.59 Å². The Kier molecular flexibility index (Phi) is 3.32. The van der Waals surface area contributed by atoms with Crippen molar-refractivity contribution in [1.82, 2.24) is 15.3 Å². The van der Waals surface area contributed by atoms with E-state index in [-0.39, 0.29) is 12.5 Å². The molecule has 2 rings (SSSR count). The lowest BCUT2D eigenvalue weighted by molar-refractivity contribution is -0.119. The van der Waals surface area contributed by atoms with Gasteiger partial charge in [0, 0.05) is 25.5 Å². The lowest BCUT2D eigenvalue weighted by atomic mass is 10.4. The fourth-order valence-electron chi connectivity index (χ4n) is 1.38. The van der Waals surface area contributed by atoms with Crippen molar-refractivity contribution in [2.24, 2.45) is 0 Å². The number of rotatable bonds is 5. The highest BCUT2D eigenvalue weighted by molar-refractivity contribution is 5.81. The predicted octanol–water partition coefficient (Wildman–Crippen LogP) is 0.00390. The normalized spacial score (nSPS) is 14.2. The first-order chi connectivity index (χ1) is 8.19. The summed E-state index contributed by atoms with van der Waals surface area (Å²) < 4.78 is 0. The van der Waals surface area contributed by atoms with E-state index in [1.54, 1.807) is 11.9 Å². The van der Waals surface area contributed by atoms with Crippen LogP contribution in [0.2, 0.25) is 0 Å². The molecule has 6 nitrogen and oxygen atoms in total. The highest BCUT2D eigenvalue weighted by atomic mass is 16.2. The molecule has 1 aromatic rings. The van der Waals surface area contributed by atoms with Crippen molar-refractivity contribution in [3.63, 3.8) is 0 Å². The minimum Gasteiger partial charge on any atom is -0.352 e. The number of anilines is 1. The molecular formula is C11H14N4O2. The number of hydrogen-bond donors (Lipinski definition) is 1. The van der Waals surface area contributed by atoms with Gasteiger partial charge in [-0.15, -0.1) is 0 Å². The van der Waals surface area contributed by atoms with Crippen molar-refractivity contribution < 1.29 is 9.59 Å². The minimum absolute atomic E-state index is 0.0296. The van der Waals surface area contributed by atoms with Crippen LogP contribution in [0, 0.1) is 0 Å². The van der Waals surface area contributed by atoms with Gasteiger partial charge in [-0.2, -0.15) is 0 Å². The number of carbonyl (C=O) groups is 2. The Morgan fingerprint density at radius 3 is 2.71 bits per heavy atom. The van der Waals surface area contributed by atoms with Crippen LogP contribution in [0.15, 0.2) is 12.4 Å². The highest BCUT2D eigenvalue weighted by Gasteiger charge is 2.23. The predicted molar refractivity (Wildman–Crippen MR) is 61.9 cm³/mol. The number of nitrogens with zero attached hydrogens (tertiary/aromatic N) is 3. The van der Waals surface area contributed by atoms with E-state index in [0.29, 0.717) is 23.8 Å². The maximum atomic E-state index is 11.5. The average molecular weight is 234 g/mol. The zero-order valence-corrected chi connectivity index (χ0v) is 9.59. The van der Waals surface area contributed by atoms with Crippen LogP contribution >= 0.6 is 0 Å². The molecule has 1 heterocycles. The molecule has 1 aliphatic rings. The molecule has 1 amide bonds. The number of aldehydes is 1. The summed E-state index contributed by atoms with van der Waals surface area (Å²) in [5.74, 6) is 0.402. The van der Waals surface area contributed by atoms with Crippen LogP contribution in [0.4, 0.5) is 5.95 Å². The molecule has 0 radical (unpaired) electrons. The Hall–Kier alpha value is -1.98. The number of nitrogens with one attached hydrogen (secondary N) is 1. The van der Waals surface area contributed by atoms with Crippen molar-refractivity contribution in [1.29, 1.82) is 0 Å². The smallest absolute Gasteiger partial charge is 0.239 e. The molecule has 0 atom stereocenters.